The van der Waals surface area contributed by atoms with Crippen molar-refractivity contribution in [2.45, 2.75) is 30.7 Å². The van der Waals surface area contributed by atoms with E-state index in [0.717, 1.165) is 0 Å². The van der Waals surface area contributed by atoms with Gasteiger partial charge >= 0.3 is 7.82 Å². The summed E-state index contributed by atoms with van der Waals surface area (Å²) in [5.41, 5.74) is 0. The number of hydrogen-bond acceptors (Lipinski definition) is 7. The van der Waals surface area contributed by atoms with Crippen LogP contribution in [-0.4, -0.2) is 69.0 Å². The molecular formula is C9H15O9P. The zero-order chi connectivity index (χ0) is 14.6. The van der Waals surface area contributed by atoms with Crippen molar-refractivity contribution >= 4 is 7.82 Å². The average molecular weight is 298 g/mol. The number of phosphoric acid groups is 1. The van der Waals surface area contributed by atoms with Crippen LogP contribution in [0.2, 0.25) is 0 Å². The molecule has 9 nitrogen and oxygen atoms in total. The molecule has 0 spiro atoms. The minimum Gasteiger partial charge on any atom is -0.387 e. The molecule has 1 aliphatic rings. The highest BCUT2D eigenvalue weighted by Crippen LogP contribution is 2.40. The van der Waals surface area contributed by atoms with Crippen molar-refractivity contribution in [1.29, 1.82) is 0 Å². The lowest BCUT2D eigenvalue weighted by molar-refractivity contribution is -0.282. The van der Waals surface area contributed by atoms with E-state index in [4.69, 9.17) is 25.7 Å². The van der Waals surface area contributed by atoms with Gasteiger partial charge in [-0.05, 0) is 0 Å². The Bertz CT molecular complexity index is 374. The van der Waals surface area contributed by atoms with E-state index in [9.17, 15) is 19.9 Å². The second-order valence-corrected chi connectivity index (χ2v) is 5.02. The zero-order valence-electron chi connectivity index (χ0n) is 9.69. The zero-order valence-corrected chi connectivity index (χ0v) is 10.6. The molecule has 0 aliphatic carbocycles. The van der Waals surface area contributed by atoms with Gasteiger partial charge in [-0.15, -0.1) is 6.42 Å². The third kappa shape index (κ3) is 4.81. The highest BCUT2D eigenvalue weighted by atomic mass is 31.2. The van der Waals surface area contributed by atoms with E-state index in [1.807, 2.05) is 0 Å². The molecule has 1 fully saturated rings. The highest BCUT2D eigenvalue weighted by Gasteiger charge is 2.46. The summed E-state index contributed by atoms with van der Waals surface area (Å²) in [5, 5.41) is 28.6. The Morgan fingerprint density at radius 1 is 1.21 bits per heavy atom. The molecule has 10 heteroatoms. The molecule has 110 valence electrons. The monoisotopic (exact) mass is 298 g/mol. The van der Waals surface area contributed by atoms with Crippen LogP contribution in [-0.2, 0) is 18.6 Å². The van der Waals surface area contributed by atoms with Crippen LogP contribution in [0.1, 0.15) is 0 Å². The fourth-order valence-electron chi connectivity index (χ4n) is 1.51. The Morgan fingerprint density at radius 2 is 1.84 bits per heavy atom. The van der Waals surface area contributed by atoms with Crippen molar-refractivity contribution in [2.24, 2.45) is 0 Å². The first-order chi connectivity index (χ1) is 8.76. The maximum atomic E-state index is 10.7. The van der Waals surface area contributed by atoms with Crippen LogP contribution >= 0.6 is 7.82 Å². The lowest BCUT2D eigenvalue weighted by Gasteiger charge is -2.39. The van der Waals surface area contributed by atoms with Gasteiger partial charge in [0.1, 0.15) is 31.0 Å². The van der Waals surface area contributed by atoms with Crippen LogP contribution in [0.5, 0.6) is 0 Å². The van der Waals surface area contributed by atoms with Crippen molar-refractivity contribution in [2.75, 3.05) is 13.2 Å². The number of aliphatic hydroxyl groups is 3. The molecule has 5 N–H and O–H groups in total. The van der Waals surface area contributed by atoms with Crippen molar-refractivity contribution in [3.05, 3.63) is 0 Å². The minimum absolute atomic E-state index is 0.0742. The van der Waals surface area contributed by atoms with E-state index in [2.05, 4.69) is 10.4 Å². The molecule has 1 aliphatic heterocycles. The van der Waals surface area contributed by atoms with Crippen LogP contribution in [0.25, 0.3) is 0 Å². The minimum atomic E-state index is -4.93. The van der Waals surface area contributed by atoms with Gasteiger partial charge in [-0.3, -0.25) is 4.52 Å². The smallest absolute Gasteiger partial charge is 0.387 e. The molecular weight excluding hydrogens is 283 g/mol. The summed E-state index contributed by atoms with van der Waals surface area (Å²) in [5.74, 6) is 2.16. The first-order valence-corrected chi connectivity index (χ1v) is 6.74. The predicted molar refractivity (Wildman–Crippen MR) is 59.5 cm³/mol. The number of ether oxygens (including phenoxy) is 2. The predicted octanol–water partition coefficient (Wildman–Crippen LogP) is -2.45. The lowest BCUT2D eigenvalue weighted by Crippen LogP contribution is -2.59. The van der Waals surface area contributed by atoms with E-state index in [0.29, 0.717) is 0 Å². The van der Waals surface area contributed by atoms with Gasteiger partial charge in [0.2, 0.25) is 0 Å². The molecule has 0 bridgehead atoms. The summed E-state index contributed by atoms with van der Waals surface area (Å²) >= 11 is 0. The second kappa shape index (κ2) is 6.76. The Morgan fingerprint density at radius 3 is 2.37 bits per heavy atom. The molecule has 19 heavy (non-hydrogen) atoms. The molecule has 1 heterocycles. The number of aliphatic hydroxyl groups excluding tert-OH is 3. The molecule has 2 unspecified atom stereocenters. The van der Waals surface area contributed by atoms with Gasteiger partial charge in [-0.1, -0.05) is 5.92 Å². The largest absolute Gasteiger partial charge is 0.472 e. The first-order valence-electron chi connectivity index (χ1n) is 5.21. The normalized spacial score (nSPS) is 35.9. The summed E-state index contributed by atoms with van der Waals surface area (Å²) < 4.78 is 24.7. The Kier molecular flexibility index (Phi) is 5.88. The summed E-state index contributed by atoms with van der Waals surface area (Å²) in [6.45, 7) is -0.314. The third-order valence-corrected chi connectivity index (χ3v) is 2.86. The summed E-state index contributed by atoms with van der Waals surface area (Å²) in [6, 6.07) is 0. The van der Waals surface area contributed by atoms with Crippen LogP contribution in [0.4, 0.5) is 0 Å². The summed E-state index contributed by atoms with van der Waals surface area (Å²) in [4.78, 5) is 17.3. The Hall–Kier alpha value is -0.530. The molecule has 0 radical (unpaired) electrons. The Labute approximate surface area is 109 Å². The molecule has 0 aromatic rings. The van der Waals surface area contributed by atoms with E-state index in [-0.39, 0.29) is 13.2 Å². The molecule has 1 saturated heterocycles. The number of phosphoric ester groups is 1. The SMILES string of the molecule is C#CCOC[C@H]1OC(OP(=O)(O)O)[C@H](O)C(O)[C@H]1O. The molecule has 0 aromatic carbocycles. The Balaban J connectivity index is 2.68. The van der Waals surface area contributed by atoms with Crippen molar-refractivity contribution in [3.63, 3.8) is 0 Å². The van der Waals surface area contributed by atoms with E-state index >= 15 is 0 Å². The lowest BCUT2D eigenvalue weighted by atomic mass is 9.99. The van der Waals surface area contributed by atoms with E-state index < -0.39 is 38.5 Å². The van der Waals surface area contributed by atoms with Gasteiger partial charge in [0.05, 0.1) is 6.61 Å². The first kappa shape index (κ1) is 16.5. The third-order valence-electron chi connectivity index (χ3n) is 2.38. The van der Waals surface area contributed by atoms with Gasteiger partial charge in [-0.25, -0.2) is 4.57 Å². The average Bonchev–Trinajstić information content (AvgIpc) is 2.30. The topological polar surface area (TPSA) is 146 Å². The van der Waals surface area contributed by atoms with Gasteiger partial charge in [-0.2, -0.15) is 0 Å². The summed E-state index contributed by atoms with van der Waals surface area (Å²) in [7, 11) is -4.93. The maximum absolute atomic E-state index is 10.7. The number of terminal acetylenes is 1. The van der Waals surface area contributed by atoms with Crippen LogP contribution in [0.3, 0.4) is 0 Å². The van der Waals surface area contributed by atoms with Gasteiger partial charge in [0.15, 0.2) is 6.29 Å². The van der Waals surface area contributed by atoms with E-state index in [1.165, 1.54) is 0 Å². The molecule has 0 aromatic heterocycles. The molecule has 0 amide bonds. The fraction of sp³-hybridized carbons (Fsp3) is 0.778. The standard InChI is InChI=1S/C9H15O9P/c1-2-3-16-4-5-6(10)7(11)8(12)9(17-5)18-19(13,14)15/h1,5-12H,3-4H2,(H2,13,14,15)/t5-,6+,7?,8-,9?/m1/s1. The second-order valence-electron chi connectivity index (χ2n) is 3.83. The van der Waals surface area contributed by atoms with Crippen molar-refractivity contribution in [3.8, 4) is 12.3 Å². The van der Waals surface area contributed by atoms with E-state index in [1.54, 1.807) is 0 Å². The maximum Gasteiger partial charge on any atom is 0.472 e. The molecule has 0 saturated carbocycles. The van der Waals surface area contributed by atoms with Crippen LogP contribution in [0.15, 0.2) is 0 Å². The van der Waals surface area contributed by atoms with Gasteiger partial charge < -0.3 is 34.6 Å². The van der Waals surface area contributed by atoms with Gasteiger partial charge in [0, 0.05) is 0 Å². The quantitative estimate of drug-likeness (QED) is 0.212. The number of rotatable bonds is 5. The molecule has 1 rings (SSSR count). The fourth-order valence-corrected chi connectivity index (χ4v) is 1.96. The van der Waals surface area contributed by atoms with Crippen molar-refractivity contribution in [1.82, 2.24) is 0 Å². The van der Waals surface area contributed by atoms with Crippen LogP contribution in [0, 0.1) is 12.3 Å². The van der Waals surface area contributed by atoms with Gasteiger partial charge in [0.25, 0.3) is 0 Å². The molecule has 5 atom stereocenters. The number of hydrogen-bond donors (Lipinski definition) is 5. The van der Waals surface area contributed by atoms with Crippen LogP contribution < -0.4 is 0 Å². The highest BCUT2D eigenvalue weighted by molar-refractivity contribution is 7.46. The van der Waals surface area contributed by atoms with Crippen molar-refractivity contribution < 1.29 is 43.7 Å². The summed E-state index contributed by atoms with van der Waals surface area (Å²) in [6.07, 6.45) is -3.03.